The van der Waals surface area contributed by atoms with Gasteiger partial charge in [0.05, 0.1) is 18.2 Å². The van der Waals surface area contributed by atoms with E-state index in [0.717, 1.165) is 16.8 Å². The zero-order chi connectivity index (χ0) is 18.4. The van der Waals surface area contributed by atoms with E-state index in [0.29, 0.717) is 5.13 Å². The SMILES string of the molecule is CC(=O)N[C@H](CC(=O)Nc1nc(-c2cccnc2)cs1)c1ccccc1. The van der Waals surface area contributed by atoms with Crippen LogP contribution in [0.5, 0.6) is 0 Å². The molecular formula is C19H18N4O2S. The highest BCUT2D eigenvalue weighted by Gasteiger charge is 2.18. The van der Waals surface area contributed by atoms with Crippen LogP contribution in [0.3, 0.4) is 0 Å². The molecule has 0 fully saturated rings. The molecule has 0 aliphatic rings. The molecule has 2 aromatic heterocycles. The average molecular weight is 366 g/mol. The Labute approximate surface area is 155 Å². The van der Waals surface area contributed by atoms with Crippen molar-refractivity contribution >= 4 is 28.3 Å². The van der Waals surface area contributed by atoms with Crippen LogP contribution in [0.25, 0.3) is 11.3 Å². The van der Waals surface area contributed by atoms with Gasteiger partial charge < -0.3 is 10.6 Å². The zero-order valence-corrected chi connectivity index (χ0v) is 15.0. The third-order valence-corrected chi connectivity index (χ3v) is 4.43. The third-order valence-electron chi connectivity index (χ3n) is 3.68. The van der Waals surface area contributed by atoms with E-state index in [1.54, 1.807) is 12.4 Å². The molecule has 26 heavy (non-hydrogen) atoms. The molecule has 3 aromatic rings. The number of aromatic nitrogens is 2. The van der Waals surface area contributed by atoms with Gasteiger partial charge in [0.1, 0.15) is 0 Å². The van der Waals surface area contributed by atoms with Crippen molar-refractivity contribution in [2.75, 3.05) is 5.32 Å². The maximum Gasteiger partial charge on any atom is 0.228 e. The number of carbonyl (C=O) groups excluding carboxylic acids is 2. The van der Waals surface area contributed by atoms with Gasteiger partial charge in [0.25, 0.3) is 0 Å². The fraction of sp³-hybridized carbons (Fsp3) is 0.158. The highest BCUT2D eigenvalue weighted by atomic mass is 32.1. The first-order valence-corrected chi connectivity index (χ1v) is 8.97. The predicted molar refractivity (Wildman–Crippen MR) is 102 cm³/mol. The van der Waals surface area contributed by atoms with Crippen molar-refractivity contribution < 1.29 is 9.59 Å². The van der Waals surface area contributed by atoms with Gasteiger partial charge in [-0.05, 0) is 17.7 Å². The Morgan fingerprint density at radius 3 is 2.65 bits per heavy atom. The van der Waals surface area contributed by atoms with Crippen molar-refractivity contribution in [3.05, 3.63) is 65.8 Å². The molecule has 0 bridgehead atoms. The number of hydrogen-bond acceptors (Lipinski definition) is 5. The van der Waals surface area contributed by atoms with Crippen LogP contribution in [-0.4, -0.2) is 21.8 Å². The molecule has 2 amide bonds. The molecule has 1 aromatic carbocycles. The third kappa shape index (κ3) is 4.73. The molecule has 3 rings (SSSR count). The summed E-state index contributed by atoms with van der Waals surface area (Å²) >= 11 is 1.35. The highest BCUT2D eigenvalue weighted by molar-refractivity contribution is 7.14. The Hall–Kier alpha value is -3.06. The molecule has 1 atom stereocenters. The molecule has 0 saturated heterocycles. The molecule has 2 N–H and O–H groups in total. The van der Waals surface area contributed by atoms with Crippen molar-refractivity contribution in [2.24, 2.45) is 0 Å². The van der Waals surface area contributed by atoms with E-state index in [1.807, 2.05) is 47.8 Å². The second kappa shape index (κ2) is 8.35. The lowest BCUT2D eigenvalue weighted by Crippen LogP contribution is -2.29. The van der Waals surface area contributed by atoms with E-state index in [4.69, 9.17) is 0 Å². The number of carbonyl (C=O) groups is 2. The molecule has 2 heterocycles. The smallest absolute Gasteiger partial charge is 0.228 e. The number of amides is 2. The van der Waals surface area contributed by atoms with Crippen molar-refractivity contribution in [2.45, 2.75) is 19.4 Å². The number of benzene rings is 1. The maximum absolute atomic E-state index is 12.4. The Morgan fingerprint density at radius 1 is 1.15 bits per heavy atom. The van der Waals surface area contributed by atoms with Crippen molar-refractivity contribution in [3.63, 3.8) is 0 Å². The van der Waals surface area contributed by atoms with Crippen LogP contribution in [0.15, 0.2) is 60.2 Å². The number of anilines is 1. The van der Waals surface area contributed by atoms with Crippen LogP contribution in [0.2, 0.25) is 0 Å². The van der Waals surface area contributed by atoms with E-state index < -0.39 is 0 Å². The summed E-state index contributed by atoms with van der Waals surface area (Å²) in [5.41, 5.74) is 2.54. The first kappa shape index (κ1) is 17.8. The van der Waals surface area contributed by atoms with Crippen LogP contribution < -0.4 is 10.6 Å². The molecule has 0 aliphatic heterocycles. The second-order valence-electron chi connectivity index (χ2n) is 5.70. The molecular weight excluding hydrogens is 348 g/mol. The number of thiazole rings is 1. The van der Waals surface area contributed by atoms with Gasteiger partial charge in [-0.1, -0.05) is 30.3 Å². The van der Waals surface area contributed by atoms with Gasteiger partial charge in [-0.15, -0.1) is 11.3 Å². The largest absolute Gasteiger partial charge is 0.349 e. The fourth-order valence-corrected chi connectivity index (χ4v) is 3.25. The molecule has 0 unspecified atom stereocenters. The van der Waals surface area contributed by atoms with Gasteiger partial charge in [0.2, 0.25) is 11.8 Å². The predicted octanol–water partition coefficient (Wildman–Crippen LogP) is 3.41. The lowest BCUT2D eigenvalue weighted by Gasteiger charge is -2.17. The number of nitrogens with zero attached hydrogens (tertiary/aromatic N) is 2. The van der Waals surface area contributed by atoms with E-state index in [-0.39, 0.29) is 24.3 Å². The molecule has 132 valence electrons. The van der Waals surface area contributed by atoms with Gasteiger partial charge >= 0.3 is 0 Å². The minimum Gasteiger partial charge on any atom is -0.349 e. The Bertz CT molecular complexity index is 881. The van der Waals surface area contributed by atoms with Crippen LogP contribution >= 0.6 is 11.3 Å². The van der Waals surface area contributed by atoms with Gasteiger partial charge in [-0.3, -0.25) is 14.6 Å². The van der Waals surface area contributed by atoms with Gasteiger partial charge in [-0.25, -0.2) is 4.98 Å². The number of hydrogen-bond donors (Lipinski definition) is 2. The quantitative estimate of drug-likeness (QED) is 0.700. The molecule has 0 aliphatic carbocycles. The topological polar surface area (TPSA) is 84.0 Å². The van der Waals surface area contributed by atoms with Crippen LogP contribution in [-0.2, 0) is 9.59 Å². The lowest BCUT2D eigenvalue weighted by atomic mass is 10.0. The van der Waals surface area contributed by atoms with E-state index >= 15 is 0 Å². The van der Waals surface area contributed by atoms with Crippen LogP contribution in [0.1, 0.15) is 24.9 Å². The summed E-state index contributed by atoms with van der Waals surface area (Å²) in [7, 11) is 0. The number of rotatable bonds is 6. The average Bonchev–Trinajstić information content (AvgIpc) is 3.10. The van der Waals surface area contributed by atoms with Crippen LogP contribution in [0.4, 0.5) is 5.13 Å². The molecule has 0 spiro atoms. The number of nitrogens with one attached hydrogen (secondary N) is 2. The normalized spacial score (nSPS) is 11.6. The second-order valence-corrected chi connectivity index (χ2v) is 6.55. The lowest BCUT2D eigenvalue weighted by molar-refractivity contribution is -0.120. The summed E-state index contributed by atoms with van der Waals surface area (Å²) in [6.45, 7) is 1.44. The first-order valence-electron chi connectivity index (χ1n) is 8.09. The van der Waals surface area contributed by atoms with Gasteiger partial charge in [0, 0.05) is 30.3 Å². The minimum absolute atomic E-state index is 0.130. The molecule has 7 heteroatoms. The van der Waals surface area contributed by atoms with Crippen molar-refractivity contribution in [1.82, 2.24) is 15.3 Å². The molecule has 0 saturated carbocycles. The van der Waals surface area contributed by atoms with Gasteiger partial charge in [0.15, 0.2) is 5.13 Å². The summed E-state index contributed by atoms with van der Waals surface area (Å²) in [5.74, 6) is -0.389. The van der Waals surface area contributed by atoms with Gasteiger partial charge in [-0.2, -0.15) is 0 Å². The molecule has 6 nitrogen and oxygen atoms in total. The summed E-state index contributed by atoms with van der Waals surface area (Å²) in [6, 6.07) is 12.8. The van der Waals surface area contributed by atoms with E-state index in [1.165, 1.54) is 18.3 Å². The van der Waals surface area contributed by atoms with E-state index in [9.17, 15) is 9.59 Å². The monoisotopic (exact) mass is 366 g/mol. The minimum atomic E-state index is -0.383. The van der Waals surface area contributed by atoms with Crippen LogP contribution in [0, 0.1) is 0 Å². The van der Waals surface area contributed by atoms with Crippen molar-refractivity contribution in [3.8, 4) is 11.3 Å². The standard InChI is InChI=1S/C19H18N4O2S/c1-13(24)21-16(14-6-3-2-4-7-14)10-18(25)23-19-22-17(12-26-19)15-8-5-9-20-11-15/h2-9,11-12,16H,10H2,1H3,(H,21,24)(H,22,23,25)/t16-/m1/s1. The number of pyridine rings is 1. The van der Waals surface area contributed by atoms with E-state index in [2.05, 4.69) is 20.6 Å². The Morgan fingerprint density at radius 2 is 1.96 bits per heavy atom. The summed E-state index contributed by atoms with van der Waals surface area (Å²) in [6.07, 6.45) is 3.55. The summed E-state index contributed by atoms with van der Waals surface area (Å²) in [4.78, 5) is 32.4. The highest BCUT2D eigenvalue weighted by Crippen LogP contribution is 2.25. The summed E-state index contributed by atoms with van der Waals surface area (Å²) in [5, 5.41) is 8.01. The zero-order valence-electron chi connectivity index (χ0n) is 14.2. The maximum atomic E-state index is 12.4. The van der Waals surface area contributed by atoms with Crippen molar-refractivity contribution in [1.29, 1.82) is 0 Å². The molecule has 0 radical (unpaired) electrons. The Balaban J connectivity index is 1.67. The first-order chi connectivity index (χ1) is 12.6. The summed E-state index contributed by atoms with van der Waals surface area (Å²) < 4.78 is 0. The fourth-order valence-electron chi connectivity index (χ4n) is 2.52. The Kier molecular flexibility index (Phi) is 5.70.